The fraction of sp³-hybridized carbons (Fsp3) is 0.217. The molecule has 1 aromatic heterocycles. The number of benzene rings is 2. The average molecular weight is 456 g/mol. The Morgan fingerprint density at radius 3 is 2.44 bits per heavy atom. The Hall–Kier alpha value is -3.30. The number of hydrogen-bond acceptors (Lipinski definition) is 5. The van der Waals surface area contributed by atoms with E-state index in [2.05, 4.69) is 10.3 Å². The molecular formula is C23H22FN3O4S. The first-order valence-electron chi connectivity index (χ1n) is 10.0. The van der Waals surface area contributed by atoms with E-state index in [1.165, 1.54) is 25.3 Å². The molecule has 1 aliphatic rings. The smallest absolute Gasteiger partial charge is 0.312 e. The SMILES string of the molecule is Cc1c(S(=O)(=O)O)ncc(C(=O)N2CC(c3ccc(F)cc3)C2)c1NCc1ccccc1. The number of halogens is 1. The van der Waals surface area contributed by atoms with E-state index in [0.29, 0.717) is 25.3 Å². The van der Waals surface area contributed by atoms with Crippen molar-refractivity contribution in [2.45, 2.75) is 24.4 Å². The molecule has 1 saturated heterocycles. The summed E-state index contributed by atoms with van der Waals surface area (Å²) in [7, 11) is -4.55. The largest absolute Gasteiger partial charge is 0.380 e. The van der Waals surface area contributed by atoms with Crippen LogP contribution in [-0.4, -0.2) is 41.9 Å². The molecule has 0 unspecified atom stereocenters. The molecule has 0 atom stereocenters. The minimum Gasteiger partial charge on any atom is -0.380 e. The number of nitrogens with one attached hydrogen (secondary N) is 1. The summed E-state index contributed by atoms with van der Waals surface area (Å²) in [5, 5.41) is 2.65. The Balaban J connectivity index is 1.59. The second kappa shape index (κ2) is 8.68. The summed E-state index contributed by atoms with van der Waals surface area (Å²) < 4.78 is 46.1. The minimum atomic E-state index is -4.55. The summed E-state index contributed by atoms with van der Waals surface area (Å²) in [6, 6.07) is 15.6. The van der Waals surface area contributed by atoms with Gasteiger partial charge in [-0.2, -0.15) is 8.42 Å². The molecule has 4 rings (SSSR count). The number of hydrogen-bond donors (Lipinski definition) is 2. The van der Waals surface area contributed by atoms with Crippen molar-refractivity contribution < 1.29 is 22.2 Å². The van der Waals surface area contributed by atoms with Gasteiger partial charge in [-0.25, -0.2) is 9.37 Å². The van der Waals surface area contributed by atoms with Crippen LogP contribution < -0.4 is 5.32 Å². The van der Waals surface area contributed by atoms with Crippen molar-refractivity contribution in [2.75, 3.05) is 18.4 Å². The van der Waals surface area contributed by atoms with Gasteiger partial charge in [-0.05, 0) is 30.2 Å². The molecule has 0 bridgehead atoms. The topological polar surface area (TPSA) is 99.6 Å². The zero-order valence-electron chi connectivity index (χ0n) is 17.3. The van der Waals surface area contributed by atoms with Gasteiger partial charge < -0.3 is 10.2 Å². The average Bonchev–Trinajstić information content (AvgIpc) is 2.72. The lowest BCUT2D eigenvalue weighted by Gasteiger charge is -2.40. The lowest BCUT2D eigenvalue weighted by atomic mass is 9.90. The van der Waals surface area contributed by atoms with Gasteiger partial charge in [0.1, 0.15) is 5.82 Å². The monoisotopic (exact) mass is 455 g/mol. The van der Waals surface area contributed by atoms with Crippen molar-refractivity contribution in [2.24, 2.45) is 0 Å². The van der Waals surface area contributed by atoms with Crippen LogP contribution in [0.3, 0.4) is 0 Å². The van der Waals surface area contributed by atoms with Crippen molar-refractivity contribution in [3.8, 4) is 0 Å². The lowest BCUT2D eigenvalue weighted by molar-refractivity contribution is 0.0602. The number of amides is 1. The van der Waals surface area contributed by atoms with E-state index in [9.17, 15) is 22.2 Å². The first-order valence-corrected chi connectivity index (χ1v) is 11.5. The molecular weight excluding hydrogens is 433 g/mol. The minimum absolute atomic E-state index is 0.103. The van der Waals surface area contributed by atoms with Crippen molar-refractivity contribution in [1.82, 2.24) is 9.88 Å². The highest BCUT2D eigenvalue weighted by Crippen LogP contribution is 2.32. The highest BCUT2D eigenvalue weighted by molar-refractivity contribution is 7.85. The summed E-state index contributed by atoms with van der Waals surface area (Å²) >= 11 is 0. The van der Waals surface area contributed by atoms with Crippen LogP contribution in [-0.2, 0) is 16.7 Å². The Labute approximate surface area is 185 Å². The lowest BCUT2D eigenvalue weighted by Crippen LogP contribution is -2.48. The Morgan fingerprint density at radius 1 is 1.16 bits per heavy atom. The maximum absolute atomic E-state index is 13.2. The zero-order valence-corrected chi connectivity index (χ0v) is 18.1. The summed E-state index contributed by atoms with van der Waals surface area (Å²) in [6.45, 7) is 2.77. The van der Waals surface area contributed by atoms with Crippen LogP contribution in [0.15, 0.2) is 65.8 Å². The Morgan fingerprint density at radius 2 is 1.81 bits per heavy atom. The summed E-state index contributed by atoms with van der Waals surface area (Å²) in [5.41, 5.74) is 2.60. The number of likely N-dealkylation sites (tertiary alicyclic amines) is 1. The molecule has 0 aliphatic carbocycles. The van der Waals surface area contributed by atoms with Gasteiger partial charge in [0.05, 0.1) is 11.3 Å². The van der Waals surface area contributed by atoms with Gasteiger partial charge in [-0.1, -0.05) is 42.5 Å². The highest BCUT2D eigenvalue weighted by atomic mass is 32.2. The Bertz CT molecular complexity index is 1240. The standard InChI is InChI=1S/C23H22FN3O4S/c1-15-21(25-11-16-5-3-2-4-6-16)20(12-26-22(15)32(29,30)31)23(28)27-13-18(14-27)17-7-9-19(24)10-8-17/h2-10,12,18H,11,13-14H2,1H3,(H,25,26)(H,29,30,31). The van der Waals surface area contributed by atoms with E-state index in [-0.39, 0.29) is 28.8 Å². The van der Waals surface area contributed by atoms with E-state index < -0.39 is 15.1 Å². The molecule has 2 heterocycles. The van der Waals surface area contributed by atoms with Crippen LogP contribution in [0, 0.1) is 12.7 Å². The van der Waals surface area contributed by atoms with E-state index in [1.807, 2.05) is 30.3 Å². The molecule has 2 aromatic carbocycles. The zero-order chi connectivity index (χ0) is 22.9. The van der Waals surface area contributed by atoms with E-state index >= 15 is 0 Å². The molecule has 9 heteroatoms. The summed E-state index contributed by atoms with van der Waals surface area (Å²) in [4.78, 5) is 18.7. The fourth-order valence-electron chi connectivity index (χ4n) is 3.79. The Kier molecular flexibility index (Phi) is 5.94. The first-order chi connectivity index (χ1) is 15.2. The molecule has 166 valence electrons. The number of aromatic nitrogens is 1. The van der Waals surface area contributed by atoms with Crippen molar-refractivity contribution in [3.05, 3.63) is 88.9 Å². The number of carbonyl (C=O) groups is 1. The fourth-order valence-corrected chi connectivity index (χ4v) is 4.47. The highest BCUT2D eigenvalue weighted by Gasteiger charge is 2.34. The molecule has 32 heavy (non-hydrogen) atoms. The third-order valence-corrected chi connectivity index (χ3v) is 6.47. The third-order valence-electron chi connectivity index (χ3n) is 5.57. The van der Waals surface area contributed by atoms with Crippen LogP contribution in [0.4, 0.5) is 10.1 Å². The summed E-state index contributed by atoms with van der Waals surface area (Å²) in [5.74, 6) is -0.501. The molecule has 0 spiro atoms. The predicted molar refractivity (Wildman–Crippen MR) is 118 cm³/mol. The van der Waals surface area contributed by atoms with E-state index in [1.54, 1.807) is 17.0 Å². The summed E-state index contributed by atoms with van der Waals surface area (Å²) in [6.07, 6.45) is 1.18. The molecule has 0 saturated carbocycles. The molecule has 1 fully saturated rings. The van der Waals surface area contributed by atoms with Gasteiger partial charge in [0.2, 0.25) is 0 Å². The number of carbonyl (C=O) groups excluding carboxylic acids is 1. The second-order valence-electron chi connectivity index (χ2n) is 7.75. The number of pyridine rings is 1. The van der Waals surface area contributed by atoms with Crippen molar-refractivity contribution in [3.63, 3.8) is 0 Å². The van der Waals surface area contributed by atoms with Crippen LogP contribution in [0.1, 0.15) is 33.0 Å². The molecule has 0 radical (unpaired) electrons. The number of anilines is 1. The van der Waals surface area contributed by atoms with Crippen LogP contribution >= 0.6 is 0 Å². The molecule has 1 amide bonds. The maximum Gasteiger partial charge on any atom is 0.312 e. The van der Waals surface area contributed by atoms with Gasteiger partial charge in [-0.15, -0.1) is 0 Å². The van der Waals surface area contributed by atoms with E-state index in [0.717, 1.165) is 11.1 Å². The molecule has 3 aromatic rings. The molecule has 7 nitrogen and oxygen atoms in total. The van der Waals surface area contributed by atoms with Crippen molar-refractivity contribution >= 4 is 21.7 Å². The van der Waals surface area contributed by atoms with Crippen LogP contribution in [0.25, 0.3) is 0 Å². The van der Waals surface area contributed by atoms with Gasteiger partial charge >= 0.3 is 10.1 Å². The maximum atomic E-state index is 13.2. The number of nitrogens with zero attached hydrogens (tertiary/aromatic N) is 2. The first kappa shape index (κ1) is 21.9. The van der Waals surface area contributed by atoms with Gasteiger partial charge in [0, 0.05) is 37.3 Å². The normalized spacial score (nSPS) is 14.2. The van der Waals surface area contributed by atoms with Crippen LogP contribution in [0.2, 0.25) is 0 Å². The van der Waals surface area contributed by atoms with Crippen LogP contribution in [0.5, 0.6) is 0 Å². The van der Waals surface area contributed by atoms with Gasteiger partial charge in [-0.3, -0.25) is 9.35 Å². The predicted octanol–water partition coefficient (Wildman–Crippen LogP) is 3.63. The molecule has 1 aliphatic heterocycles. The second-order valence-corrected chi connectivity index (χ2v) is 9.09. The molecule has 2 N–H and O–H groups in total. The van der Waals surface area contributed by atoms with Gasteiger partial charge in [0.15, 0.2) is 5.03 Å². The van der Waals surface area contributed by atoms with E-state index in [4.69, 9.17) is 0 Å². The van der Waals surface area contributed by atoms with Crippen molar-refractivity contribution in [1.29, 1.82) is 0 Å². The quantitative estimate of drug-likeness (QED) is 0.551. The number of rotatable bonds is 6. The van der Waals surface area contributed by atoms with Gasteiger partial charge in [0.25, 0.3) is 5.91 Å². The third kappa shape index (κ3) is 4.49.